The summed E-state index contributed by atoms with van der Waals surface area (Å²) in [6, 6.07) is 10.9. The molecule has 0 aromatic heterocycles. The minimum Gasteiger partial charge on any atom is -0.370 e. The fraction of sp³-hybridized carbons (Fsp3) is 0.250. The van der Waals surface area contributed by atoms with E-state index < -0.39 is 14.9 Å². The van der Waals surface area contributed by atoms with Gasteiger partial charge >= 0.3 is 0 Å². The Hall–Kier alpha value is -2.20. The first-order valence-corrected chi connectivity index (χ1v) is 9.62. The molecular formula is C16H16ClN3O5S. The molecule has 8 nitrogen and oxygen atoms in total. The molecule has 0 radical (unpaired) electrons. The lowest BCUT2D eigenvalue weighted by Gasteiger charge is -2.35. The summed E-state index contributed by atoms with van der Waals surface area (Å²) in [5, 5.41) is 16.8. The summed E-state index contributed by atoms with van der Waals surface area (Å²) >= 11 is 6.22. The molecule has 10 heteroatoms. The maximum absolute atomic E-state index is 12.0. The molecule has 1 unspecified atom stereocenters. The molecular weight excluding hydrogens is 382 g/mol. The number of nitro benzene ring substituents is 1. The van der Waals surface area contributed by atoms with Crippen LogP contribution in [0.25, 0.3) is 0 Å². The maximum atomic E-state index is 12.0. The number of halogens is 1. The maximum Gasteiger partial charge on any atom is 0.270 e. The second-order valence-corrected chi connectivity index (χ2v) is 7.72. The van der Waals surface area contributed by atoms with Crippen LogP contribution in [-0.4, -0.2) is 33.0 Å². The summed E-state index contributed by atoms with van der Waals surface area (Å²) < 4.78 is 29.7. The van der Waals surface area contributed by atoms with Crippen molar-refractivity contribution < 1.29 is 18.1 Å². The summed E-state index contributed by atoms with van der Waals surface area (Å²) in [6.07, 6.45) is -0.360. The van der Waals surface area contributed by atoms with Gasteiger partial charge in [0, 0.05) is 35.8 Å². The van der Waals surface area contributed by atoms with Crippen molar-refractivity contribution in [2.24, 2.45) is 5.14 Å². The van der Waals surface area contributed by atoms with Crippen molar-refractivity contribution in [1.82, 2.24) is 0 Å². The molecule has 1 aliphatic heterocycles. The van der Waals surface area contributed by atoms with Gasteiger partial charge in [-0.2, -0.15) is 0 Å². The van der Waals surface area contributed by atoms with Gasteiger partial charge in [-0.25, -0.2) is 13.6 Å². The predicted molar refractivity (Wildman–Crippen MR) is 96.8 cm³/mol. The lowest BCUT2D eigenvalue weighted by Crippen LogP contribution is -2.39. The number of benzene rings is 2. The first-order valence-electron chi connectivity index (χ1n) is 7.69. The molecule has 0 amide bonds. The molecule has 2 N–H and O–H groups in total. The number of nitrogens with two attached hydrogens (primary N) is 1. The Kier molecular flexibility index (Phi) is 5.15. The highest BCUT2D eigenvalue weighted by Gasteiger charge is 2.28. The predicted octanol–water partition coefficient (Wildman–Crippen LogP) is 2.47. The fourth-order valence-corrected chi connectivity index (χ4v) is 3.93. The fourth-order valence-electron chi connectivity index (χ4n) is 2.90. The van der Waals surface area contributed by atoms with Crippen LogP contribution < -0.4 is 10.0 Å². The zero-order chi connectivity index (χ0) is 18.9. The van der Waals surface area contributed by atoms with Crippen molar-refractivity contribution in [3.8, 4) is 0 Å². The topological polar surface area (TPSA) is 116 Å². The van der Waals surface area contributed by atoms with Crippen molar-refractivity contribution in [3.05, 3.63) is 63.2 Å². The van der Waals surface area contributed by atoms with Crippen molar-refractivity contribution in [1.29, 1.82) is 0 Å². The smallest absolute Gasteiger partial charge is 0.270 e. The second kappa shape index (κ2) is 7.20. The van der Waals surface area contributed by atoms with Gasteiger partial charge in [0.2, 0.25) is 10.0 Å². The number of sulfonamides is 1. The van der Waals surface area contributed by atoms with E-state index in [-0.39, 0.29) is 16.7 Å². The second-order valence-electron chi connectivity index (χ2n) is 5.78. The van der Waals surface area contributed by atoms with E-state index in [4.69, 9.17) is 21.5 Å². The number of rotatable bonds is 4. The third-order valence-corrected chi connectivity index (χ3v) is 5.40. The van der Waals surface area contributed by atoms with E-state index >= 15 is 0 Å². The zero-order valence-corrected chi connectivity index (χ0v) is 15.1. The largest absolute Gasteiger partial charge is 0.370 e. The molecule has 0 saturated carbocycles. The van der Waals surface area contributed by atoms with E-state index in [2.05, 4.69) is 0 Å². The summed E-state index contributed by atoms with van der Waals surface area (Å²) in [5.41, 5.74) is 0.755. The Morgan fingerprint density at radius 2 is 2.00 bits per heavy atom. The molecule has 2 aromatic carbocycles. The highest BCUT2D eigenvalue weighted by molar-refractivity contribution is 7.89. The Morgan fingerprint density at radius 1 is 1.27 bits per heavy atom. The molecule has 0 bridgehead atoms. The number of hydrogen-bond acceptors (Lipinski definition) is 6. The normalized spacial score (nSPS) is 17.9. The van der Waals surface area contributed by atoms with Gasteiger partial charge < -0.3 is 9.64 Å². The van der Waals surface area contributed by atoms with Gasteiger partial charge in [0.1, 0.15) is 11.0 Å². The third-order valence-electron chi connectivity index (χ3n) is 4.12. The molecule has 2 aromatic rings. The van der Waals surface area contributed by atoms with Gasteiger partial charge in [0.15, 0.2) is 0 Å². The number of ether oxygens (including phenoxy) is 1. The van der Waals surface area contributed by atoms with Gasteiger partial charge in [-0.05, 0) is 12.1 Å². The van der Waals surface area contributed by atoms with E-state index in [0.29, 0.717) is 30.4 Å². The van der Waals surface area contributed by atoms with Crippen molar-refractivity contribution in [2.75, 3.05) is 24.6 Å². The molecule has 1 atom stereocenters. The van der Waals surface area contributed by atoms with Crippen molar-refractivity contribution in [2.45, 2.75) is 11.0 Å². The average Bonchev–Trinajstić information content (AvgIpc) is 2.61. The van der Waals surface area contributed by atoms with Gasteiger partial charge in [-0.3, -0.25) is 10.1 Å². The Labute approximate surface area is 155 Å². The van der Waals surface area contributed by atoms with Gasteiger partial charge in [-0.1, -0.05) is 29.8 Å². The molecule has 0 spiro atoms. The highest BCUT2D eigenvalue weighted by Crippen LogP contribution is 2.34. The number of nitrogens with zero attached hydrogens (tertiary/aromatic N) is 2. The van der Waals surface area contributed by atoms with E-state index in [0.717, 1.165) is 11.6 Å². The zero-order valence-electron chi connectivity index (χ0n) is 13.5. The van der Waals surface area contributed by atoms with Crippen molar-refractivity contribution in [3.63, 3.8) is 0 Å². The summed E-state index contributed by atoms with van der Waals surface area (Å²) in [4.78, 5) is 11.8. The minimum absolute atomic E-state index is 0.286. The molecule has 1 heterocycles. The molecule has 26 heavy (non-hydrogen) atoms. The number of nitro groups is 1. The van der Waals surface area contributed by atoms with Gasteiger partial charge in [-0.15, -0.1) is 0 Å². The standard InChI is InChI=1S/C16H16ClN3O5S/c17-13-4-2-1-3-12(13)15-10-19(7-8-25-15)14-6-5-11(20(21)22)9-16(14)26(18,23)24/h1-6,9,15H,7-8,10H2,(H2,18,23,24). The average molecular weight is 398 g/mol. The van der Waals surface area contributed by atoms with Crippen LogP contribution in [0.4, 0.5) is 11.4 Å². The summed E-state index contributed by atoms with van der Waals surface area (Å²) in [6.45, 7) is 1.10. The summed E-state index contributed by atoms with van der Waals surface area (Å²) in [7, 11) is -4.14. The van der Waals surface area contributed by atoms with Gasteiger partial charge in [0.05, 0.1) is 17.2 Å². The van der Waals surface area contributed by atoms with Crippen LogP contribution >= 0.6 is 11.6 Å². The lowest BCUT2D eigenvalue weighted by atomic mass is 10.1. The number of primary sulfonamides is 1. The molecule has 0 aliphatic carbocycles. The van der Waals surface area contributed by atoms with Crippen LogP contribution in [0, 0.1) is 10.1 Å². The van der Waals surface area contributed by atoms with Crippen LogP contribution in [0.15, 0.2) is 47.4 Å². The van der Waals surface area contributed by atoms with E-state index in [1.54, 1.807) is 11.0 Å². The van der Waals surface area contributed by atoms with Crippen molar-refractivity contribution >= 4 is 33.0 Å². The lowest BCUT2D eigenvalue weighted by molar-refractivity contribution is -0.385. The third kappa shape index (κ3) is 3.80. The Bertz CT molecular complexity index is 951. The van der Waals surface area contributed by atoms with Gasteiger partial charge in [0.25, 0.3) is 5.69 Å². The number of morpholine rings is 1. The van der Waals surface area contributed by atoms with E-state index in [9.17, 15) is 18.5 Å². The van der Waals surface area contributed by atoms with Crippen LogP contribution in [0.2, 0.25) is 5.02 Å². The Balaban J connectivity index is 1.98. The molecule has 138 valence electrons. The monoisotopic (exact) mass is 397 g/mol. The van der Waals surface area contributed by atoms with Crippen LogP contribution in [0.3, 0.4) is 0 Å². The quantitative estimate of drug-likeness (QED) is 0.625. The molecule has 1 aliphatic rings. The number of hydrogen-bond donors (Lipinski definition) is 1. The number of anilines is 1. The molecule has 3 rings (SSSR count). The van der Waals surface area contributed by atoms with Crippen LogP contribution in [0.5, 0.6) is 0 Å². The SMILES string of the molecule is NS(=O)(=O)c1cc([N+](=O)[O-])ccc1N1CCOC(c2ccccc2Cl)C1. The minimum atomic E-state index is -4.14. The van der Waals surface area contributed by atoms with E-state index in [1.165, 1.54) is 12.1 Å². The summed E-state index contributed by atoms with van der Waals surface area (Å²) in [5.74, 6) is 0. The first kappa shape index (κ1) is 18.6. The number of non-ortho nitro benzene ring substituents is 1. The first-order chi connectivity index (χ1) is 12.3. The van der Waals surface area contributed by atoms with Crippen LogP contribution in [0.1, 0.15) is 11.7 Å². The molecule has 1 saturated heterocycles. The van der Waals surface area contributed by atoms with Crippen LogP contribution in [-0.2, 0) is 14.8 Å². The Morgan fingerprint density at radius 3 is 2.65 bits per heavy atom. The van der Waals surface area contributed by atoms with E-state index in [1.807, 2.05) is 18.2 Å². The molecule has 1 fully saturated rings. The highest BCUT2D eigenvalue weighted by atomic mass is 35.5.